The first-order valence-electron chi connectivity index (χ1n) is 5.08. The fraction of sp³-hybridized carbons (Fsp3) is 0.167. The Hall–Kier alpha value is -2.11. The van der Waals surface area contributed by atoms with Gasteiger partial charge in [-0.3, -0.25) is 4.79 Å². The predicted octanol–water partition coefficient (Wildman–Crippen LogP) is 2.67. The molecule has 0 aliphatic heterocycles. The maximum atomic E-state index is 12.3. The summed E-state index contributed by atoms with van der Waals surface area (Å²) in [6, 6.07) is 4.08. The van der Waals surface area contributed by atoms with Crippen molar-refractivity contribution >= 4 is 5.78 Å². The van der Waals surface area contributed by atoms with Crippen LogP contribution in [0.5, 0.6) is 0 Å². The van der Waals surface area contributed by atoms with E-state index in [2.05, 4.69) is 4.98 Å². The third-order valence-electron chi connectivity index (χ3n) is 2.41. The van der Waals surface area contributed by atoms with E-state index in [9.17, 15) is 18.0 Å². The van der Waals surface area contributed by atoms with Gasteiger partial charge in [-0.15, -0.1) is 0 Å². The number of aryl methyl sites for hydroxylation is 1. The SMILES string of the molecule is Cn1cnc(C(=O)c2ccc(C(F)(F)F)cc2)c1. The van der Waals surface area contributed by atoms with E-state index in [1.807, 2.05) is 0 Å². The highest BCUT2D eigenvalue weighted by Gasteiger charge is 2.30. The lowest BCUT2D eigenvalue weighted by molar-refractivity contribution is -0.137. The number of hydrogen-bond acceptors (Lipinski definition) is 2. The third kappa shape index (κ3) is 2.42. The van der Waals surface area contributed by atoms with Crippen LogP contribution >= 0.6 is 0 Å². The third-order valence-corrected chi connectivity index (χ3v) is 2.41. The zero-order valence-electron chi connectivity index (χ0n) is 9.40. The van der Waals surface area contributed by atoms with Crippen LogP contribution in [0.25, 0.3) is 0 Å². The van der Waals surface area contributed by atoms with Crippen LogP contribution < -0.4 is 0 Å². The number of aromatic nitrogens is 2. The van der Waals surface area contributed by atoms with Crippen molar-refractivity contribution in [3.8, 4) is 0 Å². The molecule has 3 nitrogen and oxygen atoms in total. The molecule has 0 saturated carbocycles. The second kappa shape index (κ2) is 4.29. The minimum Gasteiger partial charge on any atom is -0.340 e. The maximum Gasteiger partial charge on any atom is 0.416 e. The average Bonchev–Trinajstić information content (AvgIpc) is 2.74. The van der Waals surface area contributed by atoms with Crippen molar-refractivity contribution in [1.29, 1.82) is 0 Å². The van der Waals surface area contributed by atoms with E-state index in [1.165, 1.54) is 12.5 Å². The molecule has 0 unspecified atom stereocenters. The van der Waals surface area contributed by atoms with Crippen LogP contribution in [-0.2, 0) is 13.2 Å². The Morgan fingerprint density at radius 3 is 2.28 bits per heavy atom. The molecule has 0 N–H and O–H groups in total. The Bertz CT molecular complexity index is 570. The van der Waals surface area contributed by atoms with Gasteiger partial charge in [0.25, 0.3) is 0 Å². The van der Waals surface area contributed by atoms with Crippen LogP contribution in [-0.4, -0.2) is 15.3 Å². The van der Waals surface area contributed by atoms with E-state index in [0.29, 0.717) is 0 Å². The number of alkyl halides is 3. The zero-order chi connectivity index (χ0) is 13.3. The number of hydrogen-bond donors (Lipinski definition) is 0. The Balaban J connectivity index is 2.28. The second-order valence-electron chi connectivity index (χ2n) is 3.83. The molecule has 2 rings (SSSR count). The summed E-state index contributed by atoms with van der Waals surface area (Å²) in [6.07, 6.45) is -1.43. The van der Waals surface area contributed by atoms with E-state index in [0.717, 1.165) is 24.3 Å². The topological polar surface area (TPSA) is 34.9 Å². The van der Waals surface area contributed by atoms with Crippen LogP contribution in [0, 0.1) is 0 Å². The largest absolute Gasteiger partial charge is 0.416 e. The van der Waals surface area contributed by atoms with Crippen LogP contribution in [0.15, 0.2) is 36.8 Å². The van der Waals surface area contributed by atoms with E-state index in [4.69, 9.17) is 0 Å². The number of benzene rings is 1. The normalized spacial score (nSPS) is 11.6. The molecule has 18 heavy (non-hydrogen) atoms. The lowest BCUT2D eigenvalue weighted by atomic mass is 10.1. The summed E-state index contributed by atoms with van der Waals surface area (Å²) < 4.78 is 38.6. The van der Waals surface area contributed by atoms with Crippen molar-refractivity contribution in [2.75, 3.05) is 0 Å². The van der Waals surface area contributed by atoms with Crippen molar-refractivity contribution in [3.63, 3.8) is 0 Å². The van der Waals surface area contributed by atoms with Gasteiger partial charge in [0.1, 0.15) is 5.69 Å². The highest BCUT2D eigenvalue weighted by Crippen LogP contribution is 2.29. The summed E-state index contributed by atoms with van der Waals surface area (Å²) >= 11 is 0. The highest BCUT2D eigenvalue weighted by atomic mass is 19.4. The van der Waals surface area contributed by atoms with Gasteiger partial charge < -0.3 is 4.57 Å². The minimum absolute atomic E-state index is 0.182. The van der Waals surface area contributed by atoms with Crippen molar-refractivity contribution < 1.29 is 18.0 Å². The van der Waals surface area contributed by atoms with Crippen LogP contribution in [0.4, 0.5) is 13.2 Å². The van der Waals surface area contributed by atoms with Crippen LogP contribution in [0.3, 0.4) is 0 Å². The fourth-order valence-electron chi connectivity index (χ4n) is 1.49. The monoisotopic (exact) mass is 254 g/mol. The number of halogens is 3. The van der Waals surface area contributed by atoms with E-state index < -0.39 is 17.5 Å². The molecule has 0 amide bonds. The summed E-state index contributed by atoms with van der Waals surface area (Å²) in [5, 5.41) is 0. The Morgan fingerprint density at radius 1 is 1.22 bits per heavy atom. The van der Waals surface area contributed by atoms with Gasteiger partial charge in [0.2, 0.25) is 5.78 Å². The first-order valence-corrected chi connectivity index (χ1v) is 5.08. The molecule has 0 atom stereocenters. The second-order valence-corrected chi connectivity index (χ2v) is 3.83. The van der Waals surface area contributed by atoms with Gasteiger partial charge >= 0.3 is 6.18 Å². The number of ketones is 1. The number of nitrogens with zero attached hydrogens (tertiary/aromatic N) is 2. The van der Waals surface area contributed by atoms with Gasteiger partial charge in [0, 0.05) is 18.8 Å². The van der Waals surface area contributed by atoms with Gasteiger partial charge in [-0.2, -0.15) is 13.2 Å². The quantitative estimate of drug-likeness (QED) is 0.772. The molecule has 94 valence electrons. The number of carbonyl (C=O) groups is 1. The molecule has 0 spiro atoms. The average molecular weight is 254 g/mol. The minimum atomic E-state index is -4.40. The van der Waals surface area contributed by atoms with E-state index in [-0.39, 0.29) is 11.3 Å². The highest BCUT2D eigenvalue weighted by molar-refractivity contribution is 6.07. The Morgan fingerprint density at radius 2 is 1.83 bits per heavy atom. The smallest absolute Gasteiger partial charge is 0.340 e. The van der Waals surface area contributed by atoms with Crippen molar-refractivity contribution in [2.24, 2.45) is 7.05 Å². The van der Waals surface area contributed by atoms with Crippen molar-refractivity contribution in [2.45, 2.75) is 6.18 Å². The predicted molar refractivity (Wildman–Crippen MR) is 58.1 cm³/mol. The molecule has 6 heteroatoms. The van der Waals surface area contributed by atoms with Crippen LogP contribution in [0.2, 0.25) is 0 Å². The van der Waals surface area contributed by atoms with Gasteiger partial charge in [-0.1, -0.05) is 12.1 Å². The van der Waals surface area contributed by atoms with Gasteiger partial charge in [0.05, 0.1) is 11.9 Å². The molecule has 1 aromatic carbocycles. The molecule has 1 heterocycles. The summed E-state index contributed by atoms with van der Waals surface area (Å²) in [7, 11) is 1.70. The summed E-state index contributed by atoms with van der Waals surface area (Å²) in [5.41, 5.74) is -0.390. The molecular weight excluding hydrogens is 245 g/mol. The molecular formula is C12H9F3N2O. The molecule has 1 aromatic heterocycles. The lowest BCUT2D eigenvalue weighted by Gasteiger charge is -2.06. The molecule has 0 fully saturated rings. The molecule has 0 aliphatic rings. The standard InChI is InChI=1S/C12H9F3N2O/c1-17-6-10(16-7-17)11(18)8-2-4-9(5-3-8)12(13,14)15/h2-7H,1H3. The van der Waals surface area contributed by atoms with E-state index >= 15 is 0 Å². The molecule has 0 radical (unpaired) electrons. The van der Waals surface area contributed by atoms with E-state index in [1.54, 1.807) is 11.6 Å². The molecule has 0 aliphatic carbocycles. The first-order chi connectivity index (χ1) is 8.38. The van der Waals surface area contributed by atoms with Crippen LogP contribution in [0.1, 0.15) is 21.6 Å². The molecule has 2 aromatic rings. The Kier molecular flexibility index (Phi) is 2.94. The lowest BCUT2D eigenvalue weighted by Crippen LogP contribution is -2.06. The maximum absolute atomic E-state index is 12.3. The van der Waals surface area contributed by atoms with Gasteiger partial charge in [-0.05, 0) is 12.1 Å². The molecule has 0 bridgehead atoms. The zero-order valence-corrected chi connectivity index (χ0v) is 9.40. The Labute approximate surface area is 101 Å². The summed E-state index contributed by atoms with van der Waals surface area (Å²) in [5.74, 6) is -0.399. The van der Waals surface area contributed by atoms with Crippen molar-refractivity contribution in [1.82, 2.24) is 9.55 Å². The number of imidazole rings is 1. The van der Waals surface area contributed by atoms with Gasteiger partial charge in [0.15, 0.2) is 0 Å². The van der Waals surface area contributed by atoms with Gasteiger partial charge in [-0.25, -0.2) is 4.98 Å². The first kappa shape index (κ1) is 12.3. The number of rotatable bonds is 2. The fourth-order valence-corrected chi connectivity index (χ4v) is 1.49. The molecule has 0 saturated heterocycles. The number of carbonyl (C=O) groups excluding carboxylic acids is 1. The summed E-state index contributed by atoms with van der Waals surface area (Å²) in [4.78, 5) is 15.7. The summed E-state index contributed by atoms with van der Waals surface area (Å²) in [6.45, 7) is 0. The van der Waals surface area contributed by atoms with Crippen molar-refractivity contribution in [3.05, 3.63) is 53.6 Å².